The molecule has 0 aliphatic heterocycles. The minimum atomic E-state index is -0.951. The molecule has 4 aliphatic rings. The summed E-state index contributed by atoms with van der Waals surface area (Å²) in [6, 6.07) is 9.38. The van der Waals surface area contributed by atoms with Crippen LogP contribution in [0.2, 0.25) is 0 Å². The van der Waals surface area contributed by atoms with Crippen LogP contribution >= 0.6 is 0 Å². The second-order valence-electron chi connectivity index (χ2n) is 12.6. The van der Waals surface area contributed by atoms with Crippen molar-refractivity contribution >= 4 is 5.97 Å². The first-order valence-electron chi connectivity index (χ1n) is 15.3. The van der Waals surface area contributed by atoms with Gasteiger partial charge in [-0.3, -0.25) is 0 Å². The van der Waals surface area contributed by atoms with Crippen molar-refractivity contribution in [1.82, 2.24) is 0 Å². The van der Waals surface area contributed by atoms with Crippen molar-refractivity contribution in [2.24, 2.45) is 35.0 Å². The summed E-state index contributed by atoms with van der Waals surface area (Å²) in [5, 5.41) is 10.3. The van der Waals surface area contributed by atoms with Gasteiger partial charge in [0.05, 0.1) is 6.10 Å². The number of para-hydroxylation sites is 1. The lowest BCUT2D eigenvalue weighted by Gasteiger charge is -2.58. The van der Waals surface area contributed by atoms with Crippen molar-refractivity contribution in [2.45, 2.75) is 96.2 Å². The Morgan fingerprint density at radius 3 is 2.69 bits per heavy atom. The van der Waals surface area contributed by atoms with Crippen LogP contribution in [0.1, 0.15) is 84.5 Å². The van der Waals surface area contributed by atoms with Crippen LogP contribution in [0.3, 0.4) is 0 Å². The van der Waals surface area contributed by atoms with Gasteiger partial charge in [-0.1, -0.05) is 81.0 Å². The highest BCUT2D eigenvalue weighted by molar-refractivity contribution is 5.72. The molecule has 4 nitrogen and oxygen atoms in total. The number of carbonyl (C=O) groups is 1. The van der Waals surface area contributed by atoms with Crippen LogP contribution in [0.5, 0.6) is 5.75 Å². The summed E-state index contributed by atoms with van der Waals surface area (Å²) >= 11 is 0. The van der Waals surface area contributed by atoms with Gasteiger partial charge in [0.15, 0.2) is 12.2 Å². The number of esters is 1. The number of carbonyl (C=O) groups excluding carboxylic acids is 1. The van der Waals surface area contributed by atoms with Gasteiger partial charge in [-0.2, -0.15) is 0 Å². The van der Waals surface area contributed by atoms with Gasteiger partial charge in [0, 0.05) is 11.8 Å². The molecule has 0 spiro atoms. The van der Waals surface area contributed by atoms with E-state index in [9.17, 15) is 9.90 Å². The van der Waals surface area contributed by atoms with E-state index in [-0.39, 0.29) is 24.1 Å². The molecule has 0 saturated heterocycles. The fourth-order valence-electron chi connectivity index (χ4n) is 9.28. The number of hydrogen-bond donors (Lipinski definition) is 1. The van der Waals surface area contributed by atoms with E-state index in [1.54, 1.807) is 0 Å². The molecule has 5 rings (SSSR count). The van der Waals surface area contributed by atoms with Gasteiger partial charge in [-0.25, -0.2) is 4.79 Å². The highest BCUT2D eigenvalue weighted by atomic mass is 16.6. The smallest absolute Gasteiger partial charge is 0.345 e. The van der Waals surface area contributed by atoms with E-state index < -0.39 is 5.60 Å². The number of rotatable bonds is 9. The second kappa shape index (κ2) is 11.5. The van der Waals surface area contributed by atoms with E-state index in [1.807, 2.05) is 30.3 Å². The molecule has 6 unspecified atom stereocenters. The summed E-state index contributed by atoms with van der Waals surface area (Å²) < 4.78 is 12.2. The third-order valence-electron chi connectivity index (χ3n) is 10.7. The van der Waals surface area contributed by atoms with Gasteiger partial charge >= 0.3 is 5.97 Å². The Kier molecular flexibility index (Phi) is 8.29. The SMILES string of the molecule is C#C[C@]1(OC(=O)COc2ccccc2)CC(CCCCC)C2C3CCC4=CC(O)CCC4C3C(=C)C[C@@]21CC. The van der Waals surface area contributed by atoms with Crippen molar-refractivity contribution in [3.8, 4) is 18.1 Å². The fraction of sp³-hybridized carbons (Fsp3) is 0.629. The minimum absolute atomic E-state index is 0.149. The zero-order valence-corrected chi connectivity index (χ0v) is 23.9. The Bertz CT molecular complexity index is 1120. The lowest BCUT2D eigenvalue weighted by molar-refractivity contribution is -0.172. The molecule has 0 amide bonds. The molecule has 1 aromatic rings. The summed E-state index contributed by atoms with van der Waals surface area (Å²) in [5.41, 5.74) is 1.45. The van der Waals surface area contributed by atoms with Gasteiger partial charge in [-0.05, 0) is 86.7 Å². The molecule has 1 aromatic carbocycles. The van der Waals surface area contributed by atoms with Crippen LogP contribution in [0, 0.1) is 47.3 Å². The topological polar surface area (TPSA) is 55.8 Å². The Morgan fingerprint density at radius 1 is 1.18 bits per heavy atom. The van der Waals surface area contributed by atoms with E-state index in [0.717, 1.165) is 51.4 Å². The van der Waals surface area contributed by atoms with Crippen LogP contribution in [0.4, 0.5) is 0 Å². The normalized spacial score (nSPS) is 37.1. The Morgan fingerprint density at radius 2 is 1.97 bits per heavy atom. The summed E-state index contributed by atoms with van der Waals surface area (Å²) in [5.74, 6) is 5.60. The predicted molar refractivity (Wildman–Crippen MR) is 155 cm³/mol. The molecule has 39 heavy (non-hydrogen) atoms. The molecular weight excluding hydrogens is 484 g/mol. The largest absolute Gasteiger partial charge is 0.482 e. The molecule has 0 radical (unpaired) electrons. The van der Waals surface area contributed by atoms with Crippen molar-refractivity contribution in [1.29, 1.82) is 0 Å². The van der Waals surface area contributed by atoms with Crippen molar-refractivity contribution in [3.05, 3.63) is 54.1 Å². The first kappa shape index (κ1) is 28.0. The average Bonchev–Trinajstić information content (AvgIpc) is 3.21. The maximum absolute atomic E-state index is 13.3. The number of benzene rings is 1. The van der Waals surface area contributed by atoms with Gasteiger partial charge < -0.3 is 14.6 Å². The highest BCUT2D eigenvalue weighted by Gasteiger charge is 2.69. The van der Waals surface area contributed by atoms with E-state index in [4.69, 9.17) is 22.5 Å². The molecular formula is C35H46O4. The number of aliphatic hydroxyl groups is 1. The maximum atomic E-state index is 13.3. The molecule has 0 bridgehead atoms. The third-order valence-corrected chi connectivity index (χ3v) is 10.7. The molecule has 4 heteroatoms. The van der Waals surface area contributed by atoms with E-state index in [0.29, 0.717) is 35.3 Å². The van der Waals surface area contributed by atoms with E-state index in [2.05, 4.69) is 25.8 Å². The zero-order valence-electron chi connectivity index (χ0n) is 23.9. The lowest BCUT2D eigenvalue weighted by atomic mass is 9.47. The predicted octanol–water partition coefficient (Wildman–Crippen LogP) is 7.28. The minimum Gasteiger partial charge on any atom is -0.482 e. The van der Waals surface area contributed by atoms with Gasteiger partial charge in [0.1, 0.15) is 5.75 Å². The number of unbranched alkanes of at least 4 members (excludes halogenated alkanes) is 2. The molecule has 8 atom stereocenters. The summed E-state index contributed by atoms with van der Waals surface area (Å²) in [6.07, 6.45) is 19.4. The molecule has 0 heterocycles. The second-order valence-corrected chi connectivity index (χ2v) is 12.6. The van der Waals surface area contributed by atoms with Crippen LogP contribution in [-0.2, 0) is 9.53 Å². The van der Waals surface area contributed by atoms with Gasteiger partial charge in [0.25, 0.3) is 0 Å². The lowest BCUT2D eigenvalue weighted by Crippen LogP contribution is -2.56. The summed E-state index contributed by atoms with van der Waals surface area (Å²) in [4.78, 5) is 13.3. The Labute approximate surface area is 235 Å². The molecule has 3 fully saturated rings. The molecule has 4 aliphatic carbocycles. The Hall–Kier alpha value is -2.51. The molecule has 3 saturated carbocycles. The number of fused-ring (bicyclic) bond motifs is 5. The highest BCUT2D eigenvalue weighted by Crippen LogP contribution is 2.70. The van der Waals surface area contributed by atoms with Crippen molar-refractivity contribution in [3.63, 3.8) is 0 Å². The maximum Gasteiger partial charge on any atom is 0.345 e. The van der Waals surface area contributed by atoms with E-state index >= 15 is 0 Å². The van der Waals surface area contributed by atoms with Crippen molar-refractivity contribution in [2.75, 3.05) is 6.61 Å². The van der Waals surface area contributed by atoms with Crippen LogP contribution < -0.4 is 4.74 Å². The molecule has 210 valence electrons. The average molecular weight is 531 g/mol. The first-order chi connectivity index (χ1) is 18.9. The summed E-state index contributed by atoms with van der Waals surface area (Å²) in [6.45, 7) is 9.03. The fourth-order valence-corrected chi connectivity index (χ4v) is 9.28. The third kappa shape index (κ3) is 4.97. The number of ether oxygens (including phenoxy) is 2. The van der Waals surface area contributed by atoms with Gasteiger partial charge in [0.2, 0.25) is 0 Å². The summed E-state index contributed by atoms with van der Waals surface area (Å²) in [7, 11) is 0. The van der Waals surface area contributed by atoms with Crippen LogP contribution in [0.15, 0.2) is 54.1 Å². The quantitative estimate of drug-likeness (QED) is 0.158. The number of hydrogen-bond acceptors (Lipinski definition) is 4. The molecule has 1 N–H and O–H groups in total. The van der Waals surface area contributed by atoms with Crippen LogP contribution in [-0.4, -0.2) is 29.4 Å². The first-order valence-corrected chi connectivity index (χ1v) is 15.3. The van der Waals surface area contributed by atoms with E-state index in [1.165, 1.54) is 30.4 Å². The number of aliphatic hydroxyl groups excluding tert-OH is 1. The van der Waals surface area contributed by atoms with Gasteiger partial charge in [-0.15, -0.1) is 6.42 Å². The molecule has 0 aromatic heterocycles. The number of terminal acetylenes is 1. The standard InChI is InChI=1S/C35H46O4/c1-5-8-10-13-26-22-35(7-3,39-31(37)23-38-28-14-11-9-12-15-28)34(6-2)21-24(4)32-29-19-17-27(36)20-25(29)16-18-30(32)33(26)34/h3,9,11-12,14-15,20,26-27,29-30,32-33,36H,4-6,8,10,13,16-19,21-23H2,1-2H3/t26?,27?,29?,30?,32?,33?,34-,35-/m0/s1. The number of allylic oxidation sites excluding steroid dienone is 2. The monoisotopic (exact) mass is 530 g/mol. The van der Waals surface area contributed by atoms with Crippen LogP contribution in [0.25, 0.3) is 0 Å². The Balaban J connectivity index is 1.46. The van der Waals surface area contributed by atoms with Crippen molar-refractivity contribution < 1.29 is 19.4 Å². The zero-order chi connectivity index (χ0) is 27.6.